The van der Waals surface area contributed by atoms with E-state index in [1.165, 1.54) is 6.07 Å². The monoisotopic (exact) mass is 419 g/mol. The predicted molar refractivity (Wildman–Crippen MR) is 92.5 cm³/mol. The number of halogens is 3. The molecule has 0 saturated carbocycles. The number of anilines is 1. The molecule has 6 heteroatoms. The van der Waals surface area contributed by atoms with E-state index in [-0.39, 0.29) is 12.2 Å². The van der Waals surface area contributed by atoms with E-state index in [9.17, 15) is 4.39 Å². The van der Waals surface area contributed by atoms with E-state index < -0.39 is 0 Å². The van der Waals surface area contributed by atoms with Crippen LogP contribution in [0, 0.1) is 9.39 Å². The lowest BCUT2D eigenvalue weighted by Crippen LogP contribution is -2.09. The molecule has 1 aromatic heterocycles. The van der Waals surface area contributed by atoms with Crippen LogP contribution in [-0.4, -0.2) is 17.0 Å². The van der Waals surface area contributed by atoms with Crippen LogP contribution in [0.1, 0.15) is 30.4 Å². The van der Waals surface area contributed by atoms with Crippen LogP contribution in [0.2, 0.25) is 5.02 Å². The zero-order valence-electron chi connectivity index (χ0n) is 11.9. The molecule has 0 fully saturated rings. The van der Waals surface area contributed by atoms with Crippen LogP contribution in [0.25, 0.3) is 0 Å². The smallest absolute Gasteiger partial charge is 0.143 e. The molecule has 0 bridgehead atoms. The van der Waals surface area contributed by atoms with Crippen LogP contribution in [0.4, 0.5) is 10.2 Å². The summed E-state index contributed by atoms with van der Waals surface area (Å²) in [6.07, 6.45) is 2.15. The normalized spacial score (nSPS) is 10.7. The van der Waals surface area contributed by atoms with Crippen LogP contribution in [-0.2, 0) is 12.8 Å². The fraction of sp³-hybridized carbons (Fsp3) is 0.333. The van der Waals surface area contributed by atoms with Crippen LogP contribution >= 0.6 is 34.2 Å². The second-order valence-electron chi connectivity index (χ2n) is 4.63. The van der Waals surface area contributed by atoms with E-state index in [4.69, 9.17) is 11.6 Å². The highest BCUT2D eigenvalue weighted by atomic mass is 127. The molecule has 0 saturated heterocycles. The molecular formula is C15H16ClFIN3. The lowest BCUT2D eigenvalue weighted by atomic mass is 10.1. The number of rotatable bonds is 5. The van der Waals surface area contributed by atoms with Gasteiger partial charge in [-0.3, -0.25) is 0 Å². The predicted octanol–water partition coefficient (Wildman–Crippen LogP) is 4.46. The summed E-state index contributed by atoms with van der Waals surface area (Å²) in [6.45, 7) is 2.10. The Balaban J connectivity index is 2.42. The Morgan fingerprint density at radius 2 is 2.10 bits per heavy atom. The highest BCUT2D eigenvalue weighted by Crippen LogP contribution is 2.24. The molecule has 0 aliphatic rings. The topological polar surface area (TPSA) is 37.8 Å². The Bertz CT molecular complexity index is 629. The summed E-state index contributed by atoms with van der Waals surface area (Å²) in [7, 11) is 1.82. The van der Waals surface area contributed by atoms with Crippen LogP contribution in [0.5, 0.6) is 0 Å². The molecule has 0 unspecified atom stereocenters. The van der Waals surface area contributed by atoms with Gasteiger partial charge in [-0.15, -0.1) is 0 Å². The van der Waals surface area contributed by atoms with Crippen molar-refractivity contribution in [2.75, 3.05) is 12.4 Å². The SMILES string of the molecule is CCCc1nc(Cc2c(F)cccc2Cl)nc(NC)c1I. The molecule has 0 aliphatic heterocycles. The summed E-state index contributed by atoms with van der Waals surface area (Å²) in [4.78, 5) is 9.02. The van der Waals surface area contributed by atoms with Crippen molar-refractivity contribution in [1.82, 2.24) is 9.97 Å². The molecule has 2 aromatic rings. The summed E-state index contributed by atoms with van der Waals surface area (Å²) >= 11 is 8.31. The van der Waals surface area contributed by atoms with Gasteiger partial charge in [0, 0.05) is 24.1 Å². The highest BCUT2D eigenvalue weighted by molar-refractivity contribution is 14.1. The van der Waals surface area contributed by atoms with Gasteiger partial charge in [-0.2, -0.15) is 0 Å². The number of aryl methyl sites for hydroxylation is 1. The molecule has 1 aromatic carbocycles. The number of benzene rings is 1. The third-order valence-electron chi connectivity index (χ3n) is 3.09. The molecule has 2 rings (SSSR count). The van der Waals surface area contributed by atoms with E-state index in [0.717, 1.165) is 27.9 Å². The Kier molecular flexibility index (Phi) is 5.75. The van der Waals surface area contributed by atoms with Gasteiger partial charge in [0.05, 0.1) is 9.26 Å². The first-order valence-electron chi connectivity index (χ1n) is 6.72. The van der Waals surface area contributed by atoms with E-state index >= 15 is 0 Å². The zero-order valence-corrected chi connectivity index (χ0v) is 14.8. The molecule has 1 N–H and O–H groups in total. The summed E-state index contributed by atoms with van der Waals surface area (Å²) in [5.41, 5.74) is 1.42. The Morgan fingerprint density at radius 3 is 2.71 bits per heavy atom. The van der Waals surface area contributed by atoms with Crippen LogP contribution in [0.15, 0.2) is 18.2 Å². The minimum atomic E-state index is -0.326. The Morgan fingerprint density at radius 1 is 1.33 bits per heavy atom. The van der Waals surface area contributed by atoms with Crippen molar-refractivity contribution in [3.63, 3.8) is 0 Å². The standard InChI is InChI=1S/C15H16ClFIN3/c1-3-5-12-14(18)15(19-2)21-13(20-12)8-9-10(16)6-4-7-11(9)17/h4,6-7H,3,5,8H2,1-2H3,(H,19,20,21). The first-order valence-corrected chi connectivity index (χ1v) is 8.18. The summed E-state index contributed by atoms with van der Waals surface area (Å²) in [5, 5.41) is 3.47. The second kappa shape index (κ2) is 7.35. The van der Waals surface area contributed by atoms with Gasteiger partial charge < -0.3 is 5.32 Å². The molecule has 0 spiro atoms. The highest BCUT2D eigenvalue weighted by Gasteiger charge is 2.14. The maximum atomic E-state index is 13.9. The molecule has 0 atom stereocenters. The van der Waals surface area contributed by atoms with Crippen molar-refractivity contribution < 1.29 is 4.39 Å². The summed E-state index contributed by atoms with van der Waals surface area (Å²) < 4.78 is 14.9. The molecule has 0 radical (unpaired) electrons. The number of hydrogen-bond donors (Lipinski definition) is 1. The van der Waals surface area contributed by atoms with Gasteiger partial charge in [0.2, 0.25) is 0 Å². The lowest BCUT2D eigenvalue weighted by Gasteiger charge is -2.11. The van der Waals surface area contributed by atoms with Crippen molar-refractivity contribution >= 4 is 40.0 Å². The fourth-order valence-corrected chi connectivity index (χ4v) is 3.06. The molecular weight excluding hydrogens is 404 g/mol. The average molecular weight is 420 g/mol. The zero-order chi connectivity index (χ0) is 15.4. The average Bonchev–Trinajstić information content (AvgIpc) is 2.46. The molecule has 0 aliphatic carbocycles. The molecule has 21 heavy (non-hydrogen) atoms. The maximum Gasteiger partial charge on any atom is 0.143 e. The number of nitrogens with one attached hydrogen (secondary N) is 1. The quantitative estimate of drug-likeness (QED) is 0.727. The van der Waals surface area contributed by atoms with Crippen LogP contribution in [0.3, 0.4) is 0 Å². The second-order valence-corrected chi connectivity index (χ2v) is 6.11. The van der Waals surface area contributed by atoms with E-state index in [0.29, 0.717) is 16.4 Å². The van der Waals surface area contributed by atoms with Crippen molar-refractivity contribution in [2.45, 2.75) is 26.2 Å². The van der Waals surface area contributed by atoms with Crippen molar-refractivity contribution in [3.8, 4) is 0 Å². The summed E-state index contributed by atoms with van der Waals surface area (Å²) in [6, 6.07) is 4.68. The van der Waals surface area contributed by atoms with Gasteiger partial charge in [0.1, 0.15) is 17.5 Å². The van der Waals surface area contributed by atoms with Crippen molar-refractivity contribution in [3.05, 3.63) is 49.7 Å². The minimum absolute atomic E-state index is 0.286. The Hall–Kier alpha value is -0.950. The molecule has 1 heterocycles. The van der Waals surface area contributed by atoms with Gasteiger partial charge in [-0.05, 0) is 41.1 Å². The van der Waals surface area contributed by atoms with Crippen LogP contribution < -0.4 is 5.32 Å². The van der Waals surface area contributed by atoms with Crippen molar-refractivity contribution in [2.24, 2.45) is 0 Å². The van der Waals surface area contributed by atoms with Gasteiger partial charge in [-0.1, -0.05) is 31.0 Å². The molecule has 3 nitrogen and oxygen atoms in total. The van der Waals surface area contributed by atoms with E-state index in [1.807, 2.05) is 7.05 Å². The minimum Gasteiger partial charge on any atom is -0.372 e. The van der Waals surface area contributed by atoms with Gasteiger partial charge in [0.25, 0.3) is 0 Å². The van der Waals surface area contributed by atoms with Gasteiger partial charge >= 0.3 is 0 Å². The number of aromatic nitrogens is 2. The van der Waals surface area contributed by atoms with Crippen molar-refractivity contribution in [1.29, 1.82) is 0 Å². The molecule has 112 valence electrons. The third-order valence-corrected chi connectivity index (χ3v) is 4.57. The molecule has 0 amide bonds. The largest absolute Gasteiger partial charge is 0.372 e. The Labute approximate surface area is 142 Å². The first kappa shape index (κ1) is 16.4. The number of nitrogens with zero attached hydrogens (tertiary/aromatic N) is 2. The van der Waals surface area contributed by atoms with Gasteiger partial charge in [0.15, 0.2) is 0 Å². The fourth-order valence-electron chi connectivity index (χ4n) is 2.05. The first-order chi connectivity index (χ1) is 10.1. The maximum absolute atomic E-state index is 13.9. The van der Waals surface area contributed by atoms with E-state index in [1.54, 1.807) is 12.1 Å². The van der Waals surface area contributed by atoms with E-state index in [2.05, 4.69) is 44.8 Å². The third kappa shape index (κ3) is 3.83. The number of hydrogen-bond acceptors (Lipinski definition) is 3. The summed E-state index contributed by atoms with van der Waals surface area (Å²) in [5.74, 6) is 1.03. The van der Waals surface area contributed by atoms with Gasteiger partial charge in [-0.25, -0.2) is 14.4 Å². The lowest BCUT2D eigenvalue weighted by molar-refractivity contribution is 0.612.